The standard InChI is InChI=1S/C20H37N5O4/c1-2-28-19(26)5-3-4-10-29-20(27)17-12-16-11-14(6-8-15(16)13-23-17)7-9-18(21)24-25-22/h14-17,23,25H,2-13,22H2,1H3,(H2,21,24). The largest absolute Gasteiger partial charge is 0.466 e. The van der Waals surface area contributed by atoms with E-state index in [1.54, 1.807) is 6.92 Å². The van der Waals surface area contributed by atoms with Crippen molar-refractivity contribution >= 4 is 17.8 Å². The van der Waals surface area contributed by atoms with Crippen LogP contribution in [0.5, 0.6) is 0 Å². The average Bonchev–Trinajstić information content (AvgIpc) is 2.71. The Morgan fingerprint density at radius 3 is 2.72 bits per heavy atom. The Balaban J connectivity index is 1.67. The molecule has 9 nitrogen and oxygen atoms in total. The number of unbranched alkanes of at least 4 members (excludes halogenated alkanes) is 1. The Morgan fingerprint density at radius 1 is 1.14 bits per heavy atom. The van der Waals surface area contributed by atoms with Gasteiger partial charge in [0.05, 0.1) is 13.2 Å². The van der Waals surface area contributed by atoms with Crippen LogP contribution in [0.2, 0.25) is 0 Å². The second kappa shape index (κ2) is 12.6. The van der Waals surface area contributed by atoms with E-state index in [2.05, 4.69) is 16.0 Å². The summed E-state index contributed by atoms with van der Waals surface area (Å²) in [5.74, 6) is 7.11. The lowest BCUT2D eigenvalue weighted by atomic mass is 9.69. The Labute approximate surface area is 173 Å². The first-order valence-electron chi connectivity index (χ1n) is 10.9. The van der Waals surface area contributed by atoms with Crippen molar-refractivity contribution in [3.8, 4) is 0 Å². The second-order valence-electron chi connectivity index (χ2n) is 8.10. The number of rotatable bonds is 11. The van der Waals surface area contributed by atoms with E-state index in [0.717, 1.165) is 32.2 Å². The number of fused-ring (bicyclic) bond motifs is 1. The zero-order chi connectivity index (χ0) is 21.1. The van der Waals surface area contributed by atoms with Crippen molar-refractivity contribution in [3.05, 3.63) is 0 Å². The van der Waals surface area contributed by atoms with Gasteiger partial charge in [0.2, 0.25) is 0 Å². The van der Waals surface area contributed by atoms with E-state index in [0.29, 0.717) is 56.1 Å². The fourth-order valence-corrected chi connectivity index (χ4v) is 4.47. The summed E-state index contributed by atoms with van der Waals surface area (Å²) < 4.78 is 10.3. The zero-order valence-corrected chi connectivity index (χ0v) is 17.5. The van der Waals surface area contributed by atoms with Crippen LogP contribution in [0.3, 0.4) is 0 Å². The summed E-state index contributed by atoms with van der Waals surface area (Å²) in [7, 11) is 0. The van der Waals surface area contributed by atoms with Gasteiger partial charge in [-0.05, 0) is 69.7 Å². The number of amidine groups is 1. The number of hydrazone groups is 1. The highest BCUT2D eigenvalue weighted by Gasteiger charge is 2.38. The smallest absolute Gasteiger partial charge is 0.323 e. The molecule has 0 radical (unpaired) electrons. The lowest BCUT2D eigenvalue weighted by Gasteiger charge is -2.42. The number of hydrazine groups is 1. The number of nitrogens with two attached hydrogens (primary N) is 2. The number of nitrogens with one attached hydrogen (secondary N) is 2. The maximum absolute atomic E-state index is 12.4. The Kier molecular flexibility index (Phi) is 10.2. The van der Waals surface area contributed by atoms with Crippen molar-refractivity contribution in [1.29, 1.82) is 0 Å². The monoisotopic (exact) mass is 411 g/mol. The first-order valence-corrected chi connectivity index (χ1v) is 10.9. The predicted octanol–water partition coefficient (Wildman–Crippen LogP) is 1.17. The first-order chi connectivity index (χ1) is 14.0. The summed E-state index contributed by atoms with van der Waals surface area (Å²) in [6.07, 6.45) is 7.79. The van der Waals surface area contributed by atoms with Crippen LogP contribution >= 0.6 is 0 Å². The molecule has 1 aliphatic carbocycles. The van der Waals surface area contributed by atoms with E-state index in [-0.39, 0.29) is 18.0 Å². The van der Waals surface area contributed by atoms with Crippen LogP contribution in [0.1, 0.15) is 64.7 Å². The van der Waals surface area contributed by atoms with E-state index in [9.17, 15) is 9.59 Å². The number of hydrogen-bond donors (Lipinski definition) is 4. The fourth-order valence-electron chi connectivity index (χ4n) is 4.47. The summed E-state index contributed by atoms with van der Waals surface area (Å²) in [5, 5.41) is 7.18. The van der Waals surface area contributed by atoms with Gasteiger partial charge in [-0.25, -0.2) is 11.4 Å². The molecule has 29 heavy (non-hydrogen) atoms. The third kappa shape index (κ3) is 8.18. The summed E-state index contributed by atoms with van der Waals surface area (Å²) in [4.78, 5) is 23.7. The normalized spacial score (nSPS) is 27.0. The van der Waals surface area contributed by atoms with Crippen molar-refractivity contribution in [1.82, 2.24) is 10.9 Å². The Morgan fingerprint density at radius 2 is 1.97 bits per heavy atom. The predicted molar refractivity (Wildman–Crippen MR) is 110 cm³/mol. The second-order valence-corrected chi connectivity index (χ2v) is 8.10. The van der Waals surface area contributed by atoms with Crippen LogP contribution in [0.15, 0.2) is 5.10 Å². The van der Waals surface area contributed by atoms with Crippen molar-refractivity contribution in [2.24, 2.45) is 34.4 Å². The molecule has 0 aromatic carbocycles. The molecule has 4 unspecified atom stereocenters. The lowest BCUT2D eigenvalue weighted by molar-refractivity contribution is -0.148. The van der Waals surface area contributed by atoms with Crippen LogP contribution in [-0.4, -0.2) is 43.6 Å². The van der Waals surface area contributed by atoms with Gasteiger partial charge in [0.15, 0.2) is 0 Å². The molecular formula is C20H37N5O4. The molecule has 2 aliphatic rings. The summed E-state index contributed by atoms with van der Waals surface area (Å²) in [5.41, 5.74) is 8.04. The molecule has 1 saturated carbocycles. The molecule has 6 N–H and O–H groups in total. The van der Waals surface area contributed by atoms with Crippen LogP contribution in [0, 0.1) is 17.8 Å². The molecule has 0 spiro atoms. The molecular weight excluding hydrogens is 374 g/mol. The molecule has 4 atom stereocenters. The lowest BCUT2D eigenvalue weighted by Crippen LogP contribution is -2.50. The topological polar surface area (TPSA) is 141 Å². The molecule has 0 bridgehead atoms. The van der Waals surface area contributed by atoms with E-state index in [1.165, 1.54) is 12.8 Å². The van der Waals surface area contributed by atoms with Gasteiger partial charge in [0, 0.05) is 12.8 Å². The van der Waals surface area contributed by atoms with Crippen LogP contribution in [-0.2, 0) is 19.1 Å². The van der Waals surface area contributed by atoms with Gasteiger partial charge in [-0.15, -0.1) is 0 Å². The fraction of sp³-hybridized carbons (Fsp3) is 0.850. The number of carbonyl (C=O) groups excluding carboxylic acids is 2. The van der Waals surface area contributed by atoms with Crippen LogP contribution < -0.4 is 22.4 Å². The maximum atomic E-state index is 12.4. The third-order valence-electron chi connectivity index (χ3n) is 6.04. The number of ether oxygens (including phenoxy) is 2. The molecule has 1 aliphatic heterocycles. The molecule has 0 aromatic rings. The van der Waals surface area contributed by atoms with Crippen LogP contribution in [0.4, 0.5) is 0 Å². The molecule has 1 heterocycles. The van der Waals surface area contributed by atoms with Crippen molar-refractivity contribution in [2.45, 2.75) is 70.8 Å². The first kappa shape index (κ1) is 23.4. The number of piperidine rings is 1. The minimum atomic E-state index is -0.229. The van der Waals surface area contributed by atoms with Crippen molar-refractivity contribution in [3.63, 3.8) is 0 Å². The SMILES string of the molecule is CCOC(=O)CCCCOC(=O)C1CC2CC(CC/C(N)=N/NN)CCC2CN1. The number of esters is 2. The van der Waals surface area contributed by atoms with Crippen LogP contribution in [0.25, 0.3) is 0 Å². The summed E-state index contributed by atoms with van der Waals surface area (Å²) >= 11 is 0. The van der Waals surface area contributed by atoms with Gasteiger partial charge >= 0.3 is 11.9 Å². The Hall–Kier alpha value is -1.87. The maximum Gasteiger partial charge on any atom is 0.323 e. The summed E-state index contributed by atoms with van der Waals surface area (Å²) in [6.45, 7) is 3.41. The Bertz CT molecular complexity index is 557. The van der Waals surface area contributed by atoms with E-state index >= 15 is 0 Å². The van der Waals surface area contributed by atoms with Crippen molar-refractivity contribution in [2.75, 3.05) is 19.8 Å². The highest BCUT2D eigenvalue weighted by atomic mass is 16.5. The number of hydrogen-bond acceptors (Lipinski definition) is 8. The van der Waals surface area contributed by atoms with E-state index in [4.69, 9.17) is 21.1 Å². The number of carbonyl (C=O) groups is 2. The van der Waals surface area contributed by atoms with Crippen molar-refractivity contribution < 1.29 is 19.1 Å². The minimum absolute atomic E-state index is 0.174. The van der Waals surface area contributed by atoms with Gasteiger partial charge in [-0.2, -0.15) is 5.10 Å². The van der Waals surface area contributed by atoms with Gasteiger partial charge in [-0.3, -0.25) is 9.59 Å². The molecule has 0 amide bonds. The van der Waals surface area contributed by atoms with Gasteiger partial charge < -0.3 is 20.5 Å². The van der Waals surface area contributed by atoms with Gasteiger partial charge in [-0.1, -0.05) is 6.42 Å². The molecule has 166 valence electrons. The number of nitrogens with zero attached hydrogens (tertiary/aromatic N) is 1. The van der Waals surface area contributed by atoms with E-state index < -0.39 is 0 Å². The zero-order valence-electron chi connectivity index (χ0n) is 17.5. The quantitative estimate of drug-likeness (QED) is 0.0991. The summed E-state index contributed by atoms with van der Waals surface area (Å²) in [6, 6.07) is -0.229. The molecule has 2 fully saturated rings. The molecule has 2 rings (SSSR count). The minimum Gasteiger partial charge on any atom is -0.466 e. The van der Waals surface area contributed by atoms with E-state index in [1.807, 2.05) is 0 Å². The highest BCUT2D eigenvalue weighted by Crippen LogP contribution is 2.40. The third-order valence-corrected chi connectivity index (χ3v) is 6.04. The van der Waals surface area contributed by atoms with Gasteiger partial charge in [0.25, 0.3) is 0 Å². The molecule has 1 saturated heterocycles. The molecule has 9 heteroatoms. The highest BCUT2D eigenvalue weighted by molar-refractivity contribution is 5.79. The molecule has 0 aromatic heterocycles. The van der Waals surface area contributed by atoms with Gasteiger partial charge in [0.1, 0.15) is 11.9 Å². The average molecular weight is 412 g/mol.